The molecule has 6 heteroatoms. The lowest BCUT2D eigenvalue weighted by atomic mass is 9.66. The fourth-order valence-corrected chi connectivity index (χ4v) is 5.92. The van der Waals surface area contributed by atoms with Crippen LogP contribution in [0.3, 0.4) is 0 Å². The largest absolute Gasteiger partial charge is 0.469 e. The molecule has 0 bridgehead atoms. The van der Waals surface area contributed by atoms with E-state index in [4.69, 9.17) is 4.74 Å². The van der Waals surface area contributed by atoms with Gasteiger partial charge in [-0.3, -0.25) is 9.69 Å². The Kier molecular flexibility index (Phi) is 4.85. The van der Waals surface area contributed by atoms with Crippen molar-refractivity contribution < 1.29 is 14.7 Å². The number of nitrogens with zero attached hydrogens (tertiary/aromatic N) is 2. The van der Waals surface area contributed by atoms with Crippen LogP contribution >= 0.6 is 12.4 Å². The van der Waals surface area contributed by atoms with Gasteiger partial charge in [0.15, 0.2) is 0 Å². The molecule has 1 N–H and O–H groups in total. The Labute approximate surface area is 165 Å². The van der Waals surface area contributed by atoms with Crippen LogP contribution in [0.5, 0.6) is 0 Å². The van der Waals surface area contributed by atoms with Crippen molar-refractivity contribution in [1.82, 2.24) is 9.63 Å². The Morgan fingerprint density at radius 3 is 2.89 bits per heavy atom. The lowest BCUT2D eigenvalue weighted by molar-refractivity contribution is -0.152. The maximum absolute atomic E-state index is 12.3. The van der Waals surface area contributed by atoms with Crippen LogP contribution < -0.4 is 0 Å². The Morgan fingerprint density at radius 1 is 1.26 bits per heavy atom. The molecule has 1 aromatic heterocycles. The predicted molar refractivity (Wildman–Crippen MR) is 105 cm³/mol. The van der Waals surface area contributed by atoms with E-state index in [-0.39, 0.29) is 30.3 Å². The second-order valence-corrected chi connectivity index (χ2v) is 8.17. The smallest absolute Gasteiger partial charge is 0.308 e. The van der Waals surface area contributed by atoms with Gasteiger partial charge in [0.05, 0.1) is 30.3 Å². The number of aromatic nitrogens is 1. The molecule has 1 unspecified atom stereocenters. The number of rotatable bonds is 1. The summed E-state index contributed by atoms with van der Waals surface area (Å²) in [6, 6.07) is 8.31. The molecule has 27 heavy (non-hydrogen) atoms. The lowest BCUT2D eigenvalue weighted by Gasteiger charge is -2.50. The fourth-order valence-electron chi connectivity index (χ4n) is 5.92. The number of carbonyl (C=O) groups is 1. The Balaban J connectivity index is 0.00000180. The fraction of sp³-hybridized carbons (Fsp3) is 0.571. The third-order valence-electron chi connectivity index (χ3n) is 7.08. The van der Waals surface area contributed by atoms with Crippen molar-refractivity contribution in [2.45, 2.75) is 38.1 Å². The highest BCUT2D eigenvalue weighted by Crippen LogP contribution is 2.49. The van der Waals surface area contributed by atoms with Crippen LogP contribution in [-0.2, 0) is 16.0 Å². The number of hydrogen-bond acceptors (Lipinski definition) is 4. The van der Waals surface area contributed by atoms with Crippen LogP contribution in [0.1, 0.15) is 43.0 Å². The highest BCUT2D eigenvalue weighted by atomic mass is 35.5. The van der Waals surface area contributed by atoms with Crippen LogP contribution in [0.4, 0.5) is 0 Å². The van der Waals surface area contributed by atoms with Crippen molar-refractivity contribution in [2.24, 2.45) is 17.8 Å². The molecule has 2 aliphatic heterocycles. The van der Waals surface area contributed by atoms with Gasteiger partial charge in [0, 0.05) is 18.5 Å². The van der Waals surface area contributed by atoms with Crippen molar-refractivity contribution in [2.75, 3.05) is 20.2 Å². The minimum absolute atomic E-state index is 0. The van der Waals surface area contributed by atoms with Crippen LogP contribution in [0.25, 0.3) is 10.9 Å². The Morgan fingerprint density at radius 2 is 2.07 bits per heavy atom. The minimum atomic E-state index is -0.0475. The number of methoxy groups -OCH3 is 1. The minimum Gasteiger partial charge on any atom is -0.469 e. The molecule has 3 heterocycles. The van der Waals surface area contributed by atoms with Crippen molar-refractivity contribution in [1.29, 1.82) is 0 Å². The van der Waals surface area contributed by atoms with Gasteiger partial charge in [0.1, 0.15) is 0 Å². The van der Waals surface area contributed by atoms with Gasteiger partial charge < -0.3 is 9.94 Å². The number of carbonyl (C=O) groups excluding carboxylic acids is 1. The lowest BCUT2D eigenvalue weighted by Crippen LogP contribution is -2.50. The second-order valence-electron chi connectivity index (χ2n) is 8.17. The first kappa shape index (κ1) is 18.6. The first-order valence-electron chi connectivity index (χ1n) is 9.82. The van der Waals surface area contributed by atoms with Crippen molar-refractivity contribution >= 4 is 29.3 Å². The molecular formula is C21H27ClN2O3. The van der Waals surface area contributed by atoms with E-state index in [1.165, 1.54) is 29.2 Å². The van der Waals surface area contributed by atoms with E-state index in [0.29, 0.717) is 11.8 Å². The average molecular weight is 391 g/mol. The summed E-state index contributed by atoms with van der Waals surface area (Å²) in [4.78, 5) is 14.9. The van der Waals surface area contributed by atoms with Gasteiger partial charge in [-0.25, -0.2) is 0 Å². The Bertz CT molecular complexity index is 864. The monoisotopic (exact) mass is 390 g/mol. The van der Waals surface area contributed by atoms with E-state index in [2.05, 4.69) is 11.0 Å². The predicted octanol–water partition coefficient (Wildman–Crippen LogP) is 3.81. The highest BCUT2D eigenvalue weighted by molar-refractivity contribution is 5.86. The summed E-state index contributed by atoms with van der Waals surface area (Å²) < 4.78 is 6.52. The topological polar surface area (TPSA) is 54.7 Å². The van der Waals surface area contributed by atoms with Gasteiger partial charge in [0.25, 0.3) is 0 Å². The molecule has 3 aliphatic rings. The number of piperidine rings is 1. The summed E-state index contributed by atoms with van der Waals surface area (Å²) in [6.07, 6.45) is 5.18. The average Bonchev–Trinajstić information content (AvgIpc) is 2.98. The number of hydrogen-bond donors (Lipinski definition) is 1. The summed E-state index contributed by atoms with van der Waals surface area (Å²) in [7, 11) is 1.51. The quantitative estimate of drug-likeness (QED) is 0.594. The molecule has 2 fully saturated rings. The van der Waals surface area contributed by atoms with Gasteiger partial charge >= 0.3 is 5.97 Å². The number of halogens is 1. The molecule has 4 atom stereocenters. The van der Waals surface area contributed by atoms with Crippen LogP contribution in [0.2, 0.25) is 0 Å². The SMILES string of the molecule is COC(=O)C1CCC[C@H]2CN3CCc4c(n(O)c5ccccc45)[C@@H]3C[C@H]12.Cl. The van der Waals surface area contributed by atoms with E-state index in [9.17, 15) is 10.0 Å². The molecular weight excluding hydrogens is 364 g/mol. The maximum atomic E-state index is 12.3. The number of ether oxygens (including phenoxy) is 1. The number of benzene rings is 1. The van der Waals surface area contributed by atoms with E-state index in [0.717, 1.165) is 50.0 Å². The van der Waals surface area contributed by atoms with E-state index >= 15 is 0 Å². The first-order valence-corrected chi connectivity index (χ1v) is 9.82. The summed E-state index contributed by atoms with van der Waals surface area (Å²) in [6.45, 7) is 2.07. The highest BCUT2D eigenvalue weighted by Gasteiger charge is 2.47. The normalized spacial score (nSPS) is 30.0. The molecule has 5 nitrogen and oxygen atoms in total. The molecule has 1 saturated carbocycles. The van der Waals surface area contributed by atoms with Crippen LogP contribution in [-0.4, -0.2) is 41.0 Å². The van der Waals surface area contributed by atoms with Crippen LogP contribution in [0.15, 0.2) is 24.3 Å². The standard InChI is InChI=1S/C21H26N2O3.ClH/c1-26-21(24)16-7-4-5-13-12-22-10-9-15-14-6-2-3-8-18(14)23(25)20(15)19(22)11-17(13)16;/h2-3,6,8,13,16-17,19,25H,4-5,7,9-12H2,1H3;1H/t13-,16?,17-,19-;/m0./s1. The molecule has 0 amide bonds. The van der Waals surface area contributed by atoms with Crippen molar-refractivity contribution in [3.8, 4) is 0 Å². The molecule has 146 valence electrons. The van der Waals surface area contributed by atoms with Crippen LogP contribution in [0, 0.1) is 17.8 Å². The molecule has 0 radical (unpaired) electrons. The number of para-hydroxylation sites is 1. The molecule has 1 aromatic carbocycles. The van der Waals surface area contributed by atoms with Crippen molar-refractivity contribution in [3.63, 3.8) is 0 Å². The van der Waals surface area contributed by atoms with E-state index in [1.807, 2.05) is 18.2 Å². The second kappa shape index (κ2) is 7.02. The zero-order valence-electron chi connectivity index (χ0n) is 15.6. The van der Waals surface area contributed by atoms with E-state index in [1.54, 1.807) is 0 Å². The number of esters is 1. The van der Waals surface area contributed by atoms with Gasteiger partial charge in [-0.05, 0) is 49.1 Å². The summed E-state index contributed by atoms with van der Waals surface area (Å²) in [5.74, 6) is 0.903. The van der Waals surface area contributed by atoms with Crippen molar-refractivity contribution in [3.05, 3.63) is 35.5 Å². The van der Waals surface area contributed by atoms with Gasteiger partial charge in [-0.1, -0.05) is 24.6 Å². The zero-order chi connectivity index (χ0) is 17.8. The van der Waals surface area contributed by atoms with Gasteiger partial charge in [-0.2, -0.15) is 4.73 Å². The molecule has 2 aromatic rings. The summed E-state index contributed by atoms with van der Waals surface area (Å²) in [5, 5.41) is 12.1. The van der Waals surface area contributed by atoms with Gasteiger partial charge in [-0.15, -0.1) is 12.4 Å². The molecule has 1 aliphatic carbocycles. The third-order valence-corrected chi connectivity index (χ3v) is 7.08. The zero-order valence-corrected chi connectivity index (χ0v) is 16.5. The van der Waals surface area contributed by atoms with E-state index < -0.39 is 0 Å². The Hall–Kier alpha value is -1.72. The first-order chi connectivity index (χ1) is 12.7. The molecule has 0 spiro atoms. The third kappa shape index (κ3) is 2.74. The summed E-state index contributed by atoms with van der Waals surface area (Å²) >= 11 is 0. The molecule has 5 rings (SSSR count). The molecule has 1 saturated heterocycles. The van der Waals surface area contributed by atoms with Gasteiger partial charge in [0.2, 0.25) is 0 Å². The summed E-state index contributed by atoms with van der Waals surface area (Å²) in [5.41, 5.74) is 3.23. The maximum Gasteiger partial charge on any atom is 0.308 e. The number of fused-ring (bicyclic) bond motifs is 6.